The van der Waals surface area contributed by atoms with Crippen LogP contribution in [0.5, 0.6) is 0 Å². The number of rotatable bonds is 0. The normalized spacial score (nSPS) is 44.0. The van der Waals surface area contributed by atoms with Gasteiger partial charge >= 0.3 is 0 Å². The number of benzene rings is 5. The van der Waals surface area contributed by atoms with Crippen molar-refractivity contribution in [1.29, 1.82) is 0 Å². The van der Waals surface area contributed by atoms with Gasteiger partial charge in [0.15, 0.2) is 0 Å². The Morgan fingerprint density at radius 3 is 0.904 bits per heavy atom. The molecule has 20 atom stereocenters. The van der Waals surface area contributed by atoms with Gasteiger partial charge in [-0.3, -0.25) is 17.9 Å². The van der Waals surface area contributed by atoms with Gasteiger partial charge in [0, 0.05) is 11.4 Å². The summed E-state index contributed by atoms with van der Waals surface area (Å²) in [5.74, 6) is 13.6. The van der Waals surface area contributed by atoms with Crippen LogP contribution in [0.15, 0.2) is 60.7 Å². The third-order valence-electron chi connectivity index (χ3n) is 33.3. The Labute approximate surface area is 486 Å². The quantitative estimate of drug-likeness (QED) is 0.135. The van der Waals surface area contributed by atoms with Crippen molar-refractivity contribution in [2.24, 2.45) is 69.0 Å². The van der Waals surface area contributed by atoms with E-state index < -0.39 is 0 Å². The van der Waals surface area contributed by atoms with Gasteiger partial charge in [0.1, 0.15) is 11.3 Å². The second kappa shape index (κ2) is 12.3. The van der Waals surface area contributed by atoms with Crippen LogP contribution in [0.1, 0.15) is 247 Å². The predicted octanol–water partition coefficient (Wildman–Crippen LogP) is 16.4. The summed E-state index contributed by atoms with van der Waals surface area (Å²) in [5.41, 5.74) is 38.3. The Bertz CT molecular complexity index is 4590. The van der Waals surface area contributed by atoms with Crippen molar-refractivity contribution in [2.45, 2.75) is 202 Å². The lowest BCUT2D eigenvalue weighted by Gasteiger charge is -2.48. The molecule has 4 spiro atoms. The number of fused-ring (bicyclic) bond motifs is 36. The average Bonchev–Trinajstić information content (AvgIpc) is 1.60. The van der Waals surface area contributed by atoms with E-state index in [0.29, 0.717) is 21.7 Å². The first-order valence-corrected chi connectivity index (χ1v) is 35.1. The van der Waals surface area contributed by atoms with E-state index in [-0.39, 0.29) is 12.1 Å². The Hall–Kier alpha value is -5.16. The molecule has 4 nitrogen and oxygen atoms in total. The Balaban J connectivity index is 0.824. The molecule has 83 heavy (non-hydrogen) atoms. The minimum absolute atomic E-state index is 0.0316. The molecule has 6 heterocycles. The Morgan fingerprint density at radius 1 is 0.325 bits per heavy atom. The molecule has 2 aliphatic heterocycles. The zero-order valence-corrected chi connectivity index (χ0v) is 49.0. The van der Waals surface area contributed by atoms with Crippen molar-refractivity contribution >= 4 is 78.3 Å². The van der Waals surface area contributed by atoms with E-state index in [9.17, 15) is 0 Å². The van der Waals surface area contributed by atoms with Crippen molar-refractivity contribution in [3.63, 3.8) is 0 Å². The zero-order valence-electron chi connectivity index (χ0n) is 49.0. The van der Waals surface area contributed by atoms with Crippen molar-refractivity contribution < 1.29 is 0 Å². The molecule has 0 radical (unpaired) electrons. The number of imidazole rings is 2. The number of hydrogen-bond acceptors (Lipinski definition) is 0. The van der Waals surface area contributed by atoms with Gasteiger partial charge < -0.3 is 0 Å². The maximum atomic E-state index is 2.98. The fourth-order valence-corrected chi connectivity index (χ4v) is 30.5. The highest BCUT2D eigenvalue weighted by Gasteiger charge is 2.70. The van der Waals surface area contributed by atoms with E-state index >= 15 is 0 Å². The summed E-state index contributed by atoms with van der Waals surface area (Å²) in [6.45, 7) is 7.70. The molecule has 18 aliphatic rings. The molecule has 12 saturated carbocycles. The summed E-state index contributed by atoms with van der Waals surface area (Å²) in [4.78, 5) is 0. The summed E-state index contributed by atoms with van der Waals surface area (Å²) in [6, 6.07) is 28.8. The SMILES string of the molecule is CC(C)(C)c1cc2c3c(c1)-n1c4cc5c(cc4n4c6cc7c(cc6c(c14)B3c1c3cc4c(cc3n3c6cc8c(cc6n-2c13)C1CC2CC3CC8CC23C1)C1CC2CC3CC4CC32C1)C1CC2CC3CC7CC23C1)C1CC2CC3CC5CC32C1. The van der Waals surface area contributed by atoms with E-state index in [1.807, 2.05) is 0 Å². The molecular formula is C78H75BN4. The minimum atomic E-state index is -0.0316. The first-order chi connectivity index (χ1) is 40.5. The van der Waals surface area contributed by atoms with Gasteiger partial charge in [-0.2, -0.15) is 0 Å². The fraction of sp³-hybridized carbons (Fsp3) is 0.564. The van der Waals surface area contributed by atoms with Crippen LogP contribution in [0.25, 0.3) is 66.5 Å². The van der Waals surface area contributed by atoms with Gasteiger partial charge in [-0.05, 0) is 388 Å². The second-order valence-corrected chi connectivity index (χ2v) is 35.9. The van der Waals surface area contributed by atoms with Crippen LogP contribution < -0.4 is 16.4 Å². The molecule has 5 heteroatoms. The van der Waals surface area contributed by atoms with E-state index in [4.69, 9.17) is 0 Å². The van der Waals surface area contributed by atoms with E-state index in [1.54, 1.807) is 82.7 Å². The molecule has 4 aromatic heterocycles. The van der Waals surface area contributed by atoms with Crippen LogP contribution in [0, 0.1) is 69.0 Å². The Kier molecular flexibility index (Phi) is 6.30. The molecule has 0 saturated heterocycles. The van der Waals surface area contributed by atoms with Gasteiger partial charge in [0.2, 0.25) is 0 Å². The predicted molar refractivity (Wildman–Crippen MR) is 332 cm³/mol. The van der Waals surface area contributed by atoms with E-state index in [1.165, 1.54) is 179 Å². The number of nitrogens with zero attached hydrogens (tertiary/aromatic N) is 4. The number of aromatic nitrogens is 4. The number of hydrogen-bond donors (Lipinski definition) is 0. The molecule has 16 aliphatic carbocycles. The third-order valence-corrected chi connectivity index (χ3v) is 33.3. The topological polar surface area (TPSA) is 18.7 Å². The maximum Gasteiger partial charge on any atom is 0.258 e. The van der Waals surface area contributed by atoms with Gasteiger partial charge in [-0.15, -0.1) is 0 Å². The lowest BCUT2D eigenvalue weighted by Crippen LogP contribution is -2.59. The molecule has 27 rings (SSSR count). The lowest BCUT2D eigenvalue weighted by atomic mass is 9.34. The van der Waals surface area contributed by atoms with Gasteiger partial charge in [0.25, 0.3) is 6.71 Å². The van der Waals surface area contributed by atoms with Crippen molar-refractivity contribution in [3.05, 3.63) is 111 Å². The van der Waals surface area contributed by atoms with Crippen LogP contribution in [0.3, 0.4) is 0 Å². The van der Waals surface area contributed by atoms with Crippen LogP contribution >= 0.6 is 0 Å². The maximum absolute atomic E-state index is 2.98. The summed E-state index contributed by atoms with van der Waals surface area (Å²) in [7, 11) is 0. The summed E-state index contributed by atoms with van der Waals surface area (Å²) < 4.78 is 11.9. The van der Waals surface area contributed by atoms with Crippen molar-refractivity contribution in [2.75, 3.05) is 0 Å². The minimum Gasteiger partial charge on any atom is -0.295 e. The highest BCUT2D eigenvalue weighted by Crippen LogP contribution is 2.80. The molecule has 5 aromatic carbocycles. The van der Waals surface area contributed by atoms with E-state index in [2.05, 4.69) is 99.4 Å². The van der Waals surface area contributed by atoms with Gasteiger partial charge in [-0.25, -0.2) is 0 Å². The highest BCUT2D eigenvalue weighted by atomic mass is 15.2. The summed E-state index contributed by atoms with van der Waals surface area (Å²) in [5, 5.41) is 3.21. The smallest absolute Gasteiger partial charge is 0.258 e. The van der Waals surface area contributed by atoms with Crippen LogP contribution in [-0.2, 0) is 5.41 Å². The van der Waals surface area contributed by atoms with Crippen LogP contribution in [0.2, 0.25) is 0 Å². The molecule has 0 N–H and O–H groups in total. The first kappa shape index (κ1) is 42.6. The first-order valence-electron chi connectivity index (χ1n) is 35.1. The standard InChI is InChI=1S/C78H75BN4/c1-74(2,3)42-16-67-71-68(17-42)83-66-25-58-41-11-50-15-48-9-39(31-78(48,50)33-41)56(58)23-64(66)81-62-21-54-37-7-46-13-44-5-35(27-76(44,46)29-37)52(54)19-60(62)70(73(81)83)79(71)69-59-18-51-34-4-43-12-45-6-36(28-75(43,45)26-34)53(51)20-61(59)80-63-22-55-38-8-47-14-49-10-40(32-77(47,49)30-38)57(55)24-65(63)82(67)72(69)80/h16-25,34-41,43-50H,4-15,26-33H2,1-3H3. The molecule has 20 unspecified atom stereocenters. The molecule has 0 amide bonds. The second-order valence-electron chi connectivity index (χ2n) is 35.9. The molecule has 410 valence electrons. The van der Waals surface area contributed by atoms with Gasteiger partial charge in [0.05, 0.1) is 33.1 Å². The van der Waals surface area contributed by atoms with Crippen LogP contribution in [-0.4, -0.2) is 24.6 Å². The van der Waals surface area contributed by atoms with Crippen LogP contribution in [0.4, 0.5) is 0 Å². The zero-order chi connectivity index (χ0) is 52.7. The molecular weight excluding hydrogens is 1000 g/mol. The summed E-state index contributed by atoms with van der Waals surface area (Å²) >= 11 is 0. The molecule has 12 bridgehead atoms. The summed E-state index contributed by atoms with van der Waals surface area (Å²) in [6.07, 6.45) is 29.3. The lowest BCUT2D eigenvalue weighted by molar-refractivity contribution is 0.00321. The van der Waals surface area contributed by atoms with Gasteiger partial charge in [-0.1, -0.05) is 20.8 Å². The largest absolute Gasteiger partial charge is 0.295 e. The monoisotopic (exact) mass is 1080 g/mol. The van der Waals surface area contributed by atoms with E-state index in [0.717, 1.165) is 94.7 Å². The Morgan fingerprint density at radius 2 is 0.602 bits per heavy atom. The average molecular weight is 1080 g/mol. The fourth-order valence-electron chi connectivity index (χ4n) is 30.5. The van der Waals surface area contributed by atoms with Crippen molar-refractivity contribution in [1.82, 2.24) is 17.9 Å². The van der Waals surface area contributed by atoms with Crippen molar-refractivity contribution in [3.8, 4) is 11.4 Å². The molecule has 9 aromatic rings. The molecule has 12 fully saturated rings. The highest BCUT2D eigenvalue weighted by molar-refractivity contribution is 7.02. The third kappa shape index (κ3) is 4.08.